The third kappa shape index (κ3) is 2.46. The van der Waals surface area contributed by atoms with E-state index in [2.05, 4.69) is 39.9 Å². The molecule has 0 aliphatic carbocycles. The SMILES string of the molecule is CC(C)CC1(C)NC(C)(C)CO1. The molecule has 1 atom stereocenters. The molecule has 0 amide bonds. The number of hydrogen-bond donors (Lipinski definition) is 1. The fraction of sp³-hybridized carbons (Fsp3) is 1.00. The van der Waals surface area contributed by atoms with Crippen LogP contribution in [-0.4, -0.2) is 17.9 Å². The third-order valence-corrected chi connectivity index (χ3v) is 2.15. The zero-order valence-corrected chi connectivity index (χ0v) is 8.90. The topological polar surface area (TPSA) is 21.3 Å². The van der Waals surface area contributed by atoms with Crippen LogP contribution < -0.4 is 5.32 Å². The molecule has 0 bridgehead atoms. The predicted octanol–water partition coefficient (Wildman–Crippen LogP) is 2.15. The van der Waals surface area contributed by atoms with E-state index in [4.69, 9.17) is 4.74 Å². The van der Waals surface area contributed by atoms with Gasteiger partial charge in [-0.25, -0.2) is 0 Å². The lowest BCUT2D eigenvalue weighted by atomic mass is 10.0. The quantitative estimate of drug-likeness (QED) is 0.687. The molecule has 2 heteroatoms. The largest absolute Gasteiger partial charge is 0.359 e. The highest BCUT2D eigenvalue weighted by Gasteiger charge is 2.39. The molecular formula is C10H21NO. The van der Waals surface area contributed by atoms with E-state index in [0.29, 0.717) is 5.92 Å². The fourth-order valence-corrected chi connectivity index (χ4v) is 2.02. The molecule has 1 saturated heterocycles. The molecule has 1 N–H and O–H groups in total. The summed E-state index contributed by atoms with van der Waals surface area (Å²) in [5.41, 5.74) is 0.0430. The summed E-state index contributed by atoms with van der Waals surface area (Å²) in [6.45, 7) is 11.8. The zero-order chi connectivity index (χ0) is 9.41. The molecule has 12 heavy (non-hydrogen) atoms. The lowest BCUT2D eigenvalue weighted by molar-refractivity contribution is -0.0101. The molecule has 1 rings (SSSR count). The van der Waals surface area contributed by atoms with Crippen molar-refractivity contribution >= 4 is 0 Å². The van der Waals surface area contributed by atoms with Crippen molar-refractivity contribution in [1.29, 1.82) is 0 Å². The van der Waals surface area contributed by atoms with Crippen LogP contribution >= 0.6 is 0 Å². The van der Waals surface area contributed by atoms with Crippen LogP contribution in [0.3, 0.4) is 0 Å². The maximum atomic E-state index is 5.76. The second kappa shape index (κ2) is 3.00. The first-order chi connectivity index (χ1) is 5.33. The lowest BCUT2D eigenvalue weighted by Gasteiger charge is -2.28. The molecule has 0 aromatic heterocycles. The Bertz CT molecular complexity index is 165. The Labute approximate surface area is 75.7 Å². The van der Waals surface area contributed by atoms with Crippen LogP contribution in [0.15, 0.2) is 0 Å². The molecule has 0 spiro atoms. The van der Waals surface area contributed by atoms with Gasteiger partial charge in [0.2, 0.25) is 0 Å². The van der Waals surface area contributed by atoms with E-state index in [1.54, 1.807) is 0 Å². The molecule has 1 heterocycles. The van der Waals surface area contributed by atoms with Crippen molar-refractivity contribution < 1.29 is 4.74 Å². The summed E-state index contributed by atoms with van der Waals surface area (Å²) in [5, 5.41) is 3.52. The van der Waals surface area contributed by atoms with E-state index in [1.165, 1.54) is 0 Å². The van der Waals surface area contributed by atoms with Crippen molar-refractivity contribution in [2.24, 2.45) is 5.92 Å². The number of hydrogen-bond acceptors (Lipinski definition) is 2. The van der Waals surface area contributed by atoms with Gasteiger partial charge < -0.3 is 4.74 Å². The van der Waals surface area contributed by atoms with Gasteiger partial charge in [0, 0.05) is 5.54 Å². The zero-order valence-electron chi connectivity index (χ0n) is 8.90. The van der Waals surface area contributed by atoms with Crippen LogP contribution in [-0.2, 0) is 4.74 Å². The third-order valence-electron chi connectivity index (χ3n) is 2.15. The van der Waals surface area contributed by atoms with Crippen LogP contribution in [0.5, 0.6) is 0 Å². The summed E-state index contributed by atoms with van der Waals surface area (Å²) in [7, 11) is 0. The Hall–Kier alpha value is -0.0800. The average molecular weight is 171 g/mol. The van der Waals surface area contributed by atoms with Crippen LogP contribution in [0.4, 0.5) is 0 Å². The van der Waals surface area contributed by atoms with Crippen LogP contribution in [0, 0.1) is 5.92 Å². The highest BCUT2D eigenvalue weighted by Crippen LogP contribution is 2.28. The van der Waals surface area contributed by atoms with E-state index < -0.39 is 0 Å². The second-order valence-corrected chi connectivity index (χ2v) is 5.13. The van der Waals surface area contributed by atoms with Gasteiger partial charge in [0.1, 0.15) is 5.72 Å². The number of rotatable bonds is 2. The smallest absolute Gasteiger partial charge is 0.117 e. The van der Waals surface area contributed by atoms with E-state index in [-0.39, 0.29) is 11.3 Å². The Morgan fingerprint density at radius 2 is 1.92 bits per heavy atom. The number of ether oxygens (including phenoxy) is 1. The lowest BCUT2D eigenvalue weighted by Crippen LogP contribution is -2.47. The molecule has 0 aromatic carbocycles. The van der Waals surface area contributed by atoms with Crippen molar-refractivity contribution in [3.8, 4) is 0 Å². The number of nitrogens with one attached hydrogen (secondary N) is 1. The van der Waals surface area contributed by atoms with Crippen LogP contribution in [0.2, 0.25) is 0 Å². The standard InChI is InChI=1S/C10H21NO/c1-8(2)6-10(5)11-9(3,4)7-12-10/h8,11H,6-7H2,1-5H3. The summed E-state index contributed by atoms with van der Waals surface area (Å²) < 4.78 is 5.76. The van der Waals surface area contributed by atoms with Crippen molar-refractivity contribution in [3.63, 3.8) is 0 Å². The predicted molar refractivity (Wildman–Crippen MR) is 51.0 cm³/mol. The van der Waals surface area contributed by atoms with Gasteiger partial charge in [-0.05, 0) is 33.1 Å². The highest BCUT2D eigenvalue weighted by atomic mass is 16.5. The van der Waals surface area contributed by atoms with E-state index in [1.807, 2.05) is 0 Å². The average Bonchev–Trinajstić information content (AvgIpc) is 2.03. The molecule has 0 radical (unpaired) electrons. The first-order valence-electron chi connectivity index (χ1n) is 4.76. The molecular weight excluding hydrogens is 150 g/mol. The van der Waals surface area contributed by atoms with Crippen molar-refractivity contribution in [3.05, 3.63) is 0 Å². The van der Waals surface area contributed by atoms with E-state index in [9.17, 15) is 0 Å². The van der Waals surface area contributed by atoms with Gasteiger partial charge in [0.05, 0.1) is 6.61 Å². The molecule has 1 aliphatic rings. The summed E-state index contributed by atoms with van der Waals surface area (Å²) >= 11 is 0. The van der Waals surface area contributed by atoms with Gasteiger partial charge in [-0.3, -0.25) is 5.32 Å². The summed E-state index contributed by atoms with van der Waals surface area (Å²) in [5.74, 6) is 0.677. The molecule has 0 saturated carbocycles. The van der Waals surface area contributed by atoms with Crippen LogP contribution in [0.25, 0.3) is 0 Å². The van der Waals surface area contributed by atoms with Crippen molar-refractivity contribution in [1.82, 2.24) is 5.32 Å². The minimum Gasteiger partial charge on any atom is -0.359 e. The first kappa shape index (κ1) is 10.0. The summed E-state index contributed by atoms with van der Waals surface area (Å²) in [6, 6.07) is 0. The molecule has 2 nitrogen and oxygen atoms in total. The van der Waals surface area contributed by atoms with E-state index in [0.717, 1.165) is 13.0 Å². The molecule has 1 unspecified atom stereocenters. The summed E-state index contributed by atoms with van der Waals surface area (Å²) in [6.07, 6.45) is 1.08. The molecule has 1 aliphatic heterocycles. The Kier molecular flexibility index (Phi) is 2.50. The monoisotopic (exact) mass is 171 g/mol. The van der Waals surface area contributed by atoms with E-state index >= 15 is 0 Å². The maximum absolute atomic E-state index is 5.76. The van der Waals surface area contributed by atoms with Gasteiger partial charge in [0.15, 0.2) is 0 Å². The van der Waals surface area contributed by atoms with Crippen LogP contribution in [0.1, 0.15) is 41.0 Å². The highest BCUT2D eigenvalue weighted by molar-refractivity contribution is 4.92. The fourth-order valence-electron chi connectivity index (χ4n) is 2.02. The van der Waals surface area contributed by atoms with Crippen molar-refractivity contribution in [2.45, 2.75) is 52.3 Å². The maximum Gasteiger partial charge on any atom is 0.117 e. The molecule has 0 aromatic rings. The minimum absolute atomic E-state index is 0.0995. The Morgan fingerprint density at radius 1 is 1.33 bits per heavy atom. The Balaban J connectivity index is 2.53. The molecule has 72 valence electrons. The van der Waals surface area contributed by atoms with Gasteiger partial charge in [0.25, 0.3) is 0 Å². The molecule has 1 fully saturated rings. The Morgan fingerprint density at radius 3 is 2.25 bits per heavy atom. The van der Waals surface area contributed by atoms with Crippen molar-refractivity contribution in [2.75, 3.05) is 6.61 Å². The van der Waals surface area contributed by atoms with Gasteiger partial charge in [-0.1, -0.05) is 13.8 Å². The second-order valence-electron chi connectivity index (χ2n) is 5.13. The summed E-state index contributed by atoms with van der Waals surface area (Å²) in [4.78, 5) is 0. The minimum atomic E-state index is -0.0995. The first-order valence-corrected chi connectivity index (χ1v) is 4.76. The normalized spacial score (nSPS) is 34.5. The van der Waals surface area contributed by atoms with Gasteiger partial charge >= 0.3 is 0 Å². The van der Waals surface area contributed by atoms with Gasteiger partial charge in [-0.15, -0.1) is 0 Å². The van der Waals surface area contributed by atoms with Gasteiger partial charge in [-0.2, -0.15) is 0 Å².